The third kappa shape index (κ3) is 3.17. The minimum Gasteiger partial charge on any atom is -0.508 e. The second-order valence-corrected chi connectivity index (χ2v) is 5.28. The van der Waals surface area contributed by atoms with Gasteiger partial charge in [-0.15, -0.1) is 0 Å². The lowest BCUT2D eigenvalue weighted by atomic mass is 10.1. The van der Waals surface area contributed by atoms with Crippen LogP contribution < -0.4 is 0 Å². The smallest absolute Gasteiger partial charge is 0.258 e. The number of hydrogen-bond acceptors (Lipinski definition) is 2. The summed E-state index contributed by atoms with van der Waals surface area (Å²) >= 11 is 3.19. The van der Waals surface area contributed by atoms with Crippen molar-refractivity contribution < 1.29 is 14.3 Å². The van der Waals surface area contributed by atoms with Gasteiger partial charge in [0.2, 0.25) is 0 Å². The Balaban J connectivity index is 2.21. The molecule has 104 valence electrons. The van der Waals surface area contributed by atoms with Crippen molar-refractivity contribution in [2.75, 3.05) is 7.05 Å². The second kappa shape index (κ2) is 6.05. The summed E-state index contributed by atoms with van der Waals surface area (Å²) in [6.07, 6.45) is 0. The van der Waals surface area contributed by atoms with Gasteiger partial charge in [0.15, 0.2) is 0 Å². The van der Waals surface area contributed by atoms with Gasteiger partial charge in [-0.2, -0.15) is 0 Å². The Morgan fingerprint density at radius 2 is 2.00 bits per heavy atom. The molecule has 1 amide bonds. The van der Waals surface area contributed by atoms with E-state index in [2.05, 4.69) is 15.9 Å². The molecular formula is C15H13BrFNO2. The molecule has 0 unspecified atom stereocenters. The van der Waals surface area contributed by atoms with Crippen LogP contribution in [0.2, 0.25) is 0 Å². The summed E-state index contributed by atoms with van der Waals surface area (Å²) < 4.78 is 14.2. The Hall–Kier alpha value is -1.88. The molecular weight excluding hydrogens is 325 g/mol. The van der Waals surface area contributed by atoms with Gasteiger partial charge >= 0.3 is 0 Å². The maximum absolute atomic E-state index is 13.7. The van der Waals surface area contributed by atoms with Crippen LogP contribution in [-0.2, 0) is 6.54 Å². The van der Waals surface area contributed by atoms with E-state index in [1.54, 1.807) is 37.4 Å². The van der Waals surface area contributed by atoms with Crippen molar-refractivity contribution in [2.24, 2.45) is 0 Å². The van der Waals surface area contributed by atoms with Gasteiger partial charge in [0.1, 0.15) is 11.6 Å². The zero-order valence-corrected chi connectivity index (χ0v) is 12.4. The van der Waals surface area contributed by atoms with Gasteiger partial charge in [0.25, 0.3) is 5.91 Å². The first-order valence-corrected chi connectivity index (χ1v) is 6.75. The fourth-order valence-corrected chi connectivity index (χ4v) is 2.41. The maximum atomic E-state index is 13.7. The molecule has 0 spiro atoms. The summed E-state index contributed by atoms with van der Waals surface area (Å²) in [5.41, 5.74) is 0.781. The van der Waals surface area contributed by atoms with Crippen LogP contribution in [0.5, 0.6) is 5.75 Å². The summed E-state index contributed by atoms with van der Waals surface area (Å²) in [4.78, 5) is 13.7. The van der Waals surface area contributed by atoms with E-state index in [9.17, 15) is 14.3 Å². The first kappa shape index (κ1) is 14.5. The van der Waals surface area contributed by atoms with Crippen LogP contribution in [0.15, 0.2) is 46.9 Å². The molecule has 0 aliphatic carbocycles. The summed E-state index contributed by atoms with van der Waals surface area (Å²) in [7, 11) is 1.59. The average Bonchev–Trinajstić information content (AvgIpc) is 2.38. The van der Waals surface area contributed by atoms with Gasteiger partial charge in [0, 0.05) is 18.1 Å². The molecule has 0 aromatic heterocycles. The number of phenolic OH excluding ortho intramolecular Hbond substituents is 1. The number of carbonyl (C=O) groups is 1. The van der Waals surface area contributed by atoms with Crippen LogP contribution >= 0.6 is 15.9 Å². The molecule has 2 aromatic rings. The zero-order valence-electron chi connectivity index (χ0n) is 10.8. The van der Waals surface area contributed by atoms with E-state index >= 15 is 0 Å². The van der Waals surface area contributed by atoms with E-state index in [-0.39, 0.29) is 17.9 Å². The molecule has 0 bridgehead atoms. The second-order valence-electron chi connectivity index (χ2n) is 4.43. The topological polar surface area (TPSA) is 40.5 Å². The first-order chi connectivity index (χ1) is 9.49. The molecule has 0 heterocycles. The lowest BCUT2D eigenvalue weighted by Gasteiger charge is -2.18. The standard InChI is InChI=1S/C15H13BrFNO2/c1-18(9-10-4-2-5-11(19)8-10)15(20)14-12(16)6-3-7-13(14)17/h2-8,19H,9H2,1H3. The molecule has 20 heavy (non-hydrogen) atoms. The van der Waals surface area contributed by atoms with Crippen LogP contribution in [0.25, 0.3) is 0 Å². The molecule has 2 rings (SSSR count). The molecule has 0 aliphatic heterocycles. The van der Waals surface area contributed by atoms with Crippen LogP contribution in [-0.4, -0.2) is 23.0 Å². The lowest BCUT2D eigenvalue weighted by Crippen LogP contribution is -2.27. The SMILES string of the molecule is CN(Cc1cccc(O)c1)C(=O)c1c(F)cccc1Br. The highest BCUT2D eigenvalue weighted by Crippen LogP contribution is 2.22. The Morgan fingerprint density at radius 3 is 2.65 bits per heavy atom. The number of carbonyl (C=O) groups excluding carboxylic acids is 1. The molecule has 5 heteroatoms. The van der Waals surface area contributed by atoms with Crippen LogP contribution in [0.3, 0.4) is 0 Å². The van der Waals surface area contributed by atoms with Crippen LogP contribution in [0.4, 0.5) is 4.39 Å². The molecule has 0 fully saturated rings. The quantitative estimate of drug-likeness (QED) is 0.930. The molecule has 1 N–H and O–H groups in total. The number of aromatic hydroxyl groups is 1. The largest absolute Gasteiger partial charge is 0.508 e. The molecule has 0 atom stereocenters. The number of hydrogen-bond donors (Lipinski definition) is 1. The zero-order chi connectivity index (χ0) is 14.7. The van der Waals surface area contributed by atoms with Crippen molar-refractivity contribution in [3.63, 3.8) is 0 Å². The Labute approximate surface area is 124 Å². The highest BCUT2D eigenvalue weighted by Gasteiger charge is 2.19. The van der Waals surface area contributed by atoms with E-state index in [0.29, 0.717) is 4.47 Å². The first-order valence-electron chi connectivity index (χ1n) is 5.96. The Bertz CT molecular complexity index is 625. The number of amides is 1. The summed E-state index contributed by atoms with van der Waals surface area (Å²) in [5, 5.41) is 9.40. The number of phenols is 1. The van der Waals surface area contributed by atoms with Crippen LogP contribution in [0, 0.1) is 5.82 Å². The van der Waals surface area contributed by atoms with Gasteiger partial charge in [-0.25, -0.2) is 4.39 Å². The molecule has 3 nitrogen and oxygen atoms in total. The van der Waals surface area contributed by atoms with Crippen molar-refractivity contribution in [2.45, 2.75) is 6.54 Å². The van der Waals surface area contributed by atoms with E-state index in [4.69, 9.17) is 0 Å². The van der Waals surface area contributed by atoms with Gasteiger partial charge < -0.3 is 10.0 Å². The Kier molecular flexibility index (Phi) is 4.39. The summed E-state index contributed by atoms with van der Waals surface area (Å²) in [5.74, 6) is -0.846. The monoisotopic (exact) mass is 337 g/mol. The number of nitrogens with zero attached hydrogens (tertiary/aromatic N) is 1. The predicted octanol–water partition coefficient (Wildman–Crippen LogP) is 3.57. The minimum absolute atomic E-state index is 0.00940. The number of rotatable bonds is 3. The number of benzene rings is 2. The summed E-state index contributed by atoms with van der Waals surface area (Å²) in [6.45, 7) is 0.286. The minimum atomic E-state index is -0.563. The highest BCUT2D eigenvalue weighted by molar-refractivity contribution is 9.10. The molecule has 0 radical (unpaired) electrons. The molecule has 0 saturated heterocycles. The normalized spacial score (nSPS) is 10.3. The van der Waals surface area contributed by atoms with E-state index in [1.807, 2.05) is 0 Å². The van der Waals surface area contributed by atoms with Gasteiger partial charge in [0.05, 0.1) is 5.56 Å². The third-order valence-electron chi connectivity index (χ3n) is 2.85. The van der Waals surface area contributed by atoms with E-state index < -0.39 is 11.7 Å². The number of halogens is 2. The average molecular weight is 338 g/mol. The molecule has 0 saturated carbocycles. The fraction of sp³-hybridized carbons (Fsp3) is 0.133. The lowest BCUT2D eigenvalue weighted by molar-refractivity contribution is 0.0779. The van der Waals surface area contributed by atoms with Gasteiger partial charge in [-0.1, -0.05) is 18.2 Å². The van der Waals surface area contributed by atoms with Crippen molar-refractivity contribution in [1.82, 2.24) is 4.90 Å². The molecule has 2 aromatic carbocycles. The van der Waals surface area contributed by atoms with Gasteiger partial charge in [-0.3, -0.25) is 4.79 Å². The van der Waals surface area contributed by atoms with Crippen molar-refractivity contribution in [3.05, 3.63) is 63.9 Å². The van der Waals surface area contributed by atoms with Crippen molar-refractivity contribution in [1.29, 1.82) is 0 Å². The summed E-state index contributed by atoms with van der Waals surface area (Å²) in [6, 6.07) is 11.0. The van der Waals surface area contributed by atoms with Crippen LogP contribution in [0.1, 0.15) is 15.9 Å². The van der Waals surface area contributed by atoms with Crippen molar-refractivity contribution >= 4 is 21.8 Å². The highest BCUT2D eigenvalue weighted by atomic mass is 79.9. The van der Waals surface area contributed by atoms with E-state index in [0.717, 1.165) is 5.56 Å². The third-order valence-corrected chi connectivity index (χ3v) is 3.51. The predicted molar refractivity (Wildman–Crippen MR) is 78.0 cm³/mol. The van der Waals surface area contributed by atoms with E-state index in [1.165, 1.54) is 17.0 Å². The van der Waals surface area contributed by atoms with Gasteiger partial charge in [-0.05, 0) is 45.8 Å². The fourth-order valence-electron chi connectivity index (χ4n) is 1.89. The van der Waals surface area contributed by atoms with Crippen molar-refractivity contribution in [3.8, 4) is 5.75 Å². The Morgan fingerprint density at radius 1 is 1.30 bits per heavy atom. The molecule has 0 aliphatic rings. The maximum Gasteiger partial charge on any atom is 0.258 e.